The molecule has 0 rings (SSSR count). The largest absolute Gasteiger partial charge is 2.00 e. The Morgan fingerprint density at radius 2 is 1.00 bits per heavy atom. The van der Waals surface area contributed by atoms with Crippen LogP contribution in [-0.2, 0) is 34.1 Å². The molecule has 0 aliphatic rings. The van der Waals surface area contributed by atoms with Gasteiger partial charge in [0.2, 0.25) is 0 Å². The van der Waals surface area contributed by atoms with Crippen LogP contribution in [0.1, 0.15) is 2.85 Å². The maximum absolute atomic E-state index is 0. The Morgan fingerprint density at radius 1 is 1.00 bits per heavy atom. The molecule has 0 aromatic rings. The van der Waals surface area contributed by atoms with Crippen molar-refractivity contribution in [3.63, 3.8) is 0 Å². The fourth-order valence-electron chi connectivity index (χ4n) is 0. The van der Waals surface area contributed by atoms with Gasteiger partial charge in [-0.2, -0.15) is 0 Å². The van der Waals surface area contributed by atoms with Crippen molar-refractivity contribution in [3.05, 3.63) is 0 Å². The van der Waals surface area contributed by atoms with Crippen molar-refractivity contribution < 1.29 is 77.8 Å². The van der Waals surface area contributed by atoms with Crippen LogP contribution in [0.2, 0.25) is 0 Å². The van der Waals surface area contributed by atoms with E-state index in [9.17, 15) is 0 Å². The van der Waals surface area contributed by atoms with Crippen molar-refractivity contribution >= 4 is 23.1 Å². The summed E-state index contributed by atoms with van der Waals surface area (Å²) in [6.07, 6.45) is 0. The molecular weight excluding hydrogens is 296 g/mol. The average Bonchev–Trinajstić information content (AvgIpc) is 0. The molecule has 4 heteroatoms. The summed E-state index contributed by atoms with van der Waals surface area (Å²) in [5, 5.41) is 0. The first-order valence-corrected chi connectivity index (χ1v) is 0. The summed E-state index contributed by atoms with van der Waals surface area (Å²) >= 11 is 0. The minimum absolute atomic E-state index is 0. The van der Waals surface area contributed by atoms with Crippen LogP contribution in [-0.4, -0.2) is 23.1 Å². The van der Waals surface area contributed by atoms with Crippen LogP contribution in [0.25, 0.3) is 0 Å². The molecule has 4 heavy (non-hydrogen) atoms. The zero-order chi connectivity index (χ0) is 0. The van der Waals surface area contributed by atoms with E-state index in [1.54, 1.807) is 0 Å². The molecule has 0 aromatic carbocycles. The van der Waals surface area contributed by atoms with E-state index in [-0.39, 0.29) is 101 Å². The summed E-state index contributed by atoms with van der Waals surface area (Å²) in [7, 11) is 0. The van der Waals surface area contributed by atoms with Gasteiger partial charge in [-0.15, -0.1) is 0 Å². The van der Waals surface area contributed by atoms with Gasteiger partial charge in [-0.3, -0.25) is 0 Å². The average molecular weight is 298 g/mol. The van der Waals surface area contributed by atoms with E-state index in [4.69, 9.17) is 0 Å². The zero-order valence-electron chi connectivity index (χ0n) is 3.81. The van der Waals surface area contributed by atoms with E-state index in [2.05, 4.69) is 0 Å². The first kappa shape index (κ1) is 27.2. The van der Waals surface area contributed by atoms with Crippen molar-refractivity contribution in [2.24, 2.45) is 0 Å². The van der Waals surface area contributed by atoms with Gasteiger partial charge in [0.25, 0.3) is 0 Å². The Hall–Kier alpha value is 3.16. The third-order valence-corrected chi connectivity index (χ3v) is 0. The first-order valence-electron chi connectivity index (χ1n) is 0. The fourth-order valence-corrected chi connectivity index (χ4v) is 0. The van der Waals surface area contributed by atoms with E-state index in [1.807, 2.05) is 0 Å². The second kappa shape index (κ2) is 16.4. The molecule has 0 atom stereocenters. The van der Waals surface area contributed by atoms with Gasteiger partial charge >= 0.3 is 23.1 Å². The molecule has 0 unspecified atom stereocenters. The minimum atomic E-state index is 0. The van der Waals surface area contributed by atoms with Crippen LogP contribution in [0.3, 0.4) is 0 Å². The van der Waals surface area contributed by atoms with Gasteiger partial charge in [0.1, 0.15) is 0 Å². The first-order chi connectivity index (χ1) is 0. The SMILES string of the molecule is [Cu].[Cu].[H-].[H-].[Mg+2].[Nd]. The van der Waals surface area contributed by atoms with Crippen molar-refractivity contribution in [2.45, 2.75) is 0 Å². The smallest absolute Gasteiger partial charge is 1.00 e. The predicted molar refractivity (Wildman–Crippen MR) is 7.98 cm³/mol. The summed E-state index contributed by atoms with van der Waals surface area (Å²) in [6, 6.07) is 0. The third kappa shape index (κ3) is 8.94. The van der Waals surface area contributed by atoms with Gasteiger partial charge < -0.3 is 2.85 Å². The topological polar surface area (TPSA) is 0 Å². The Kier molecular flexibility index (Phi) is 112. The van der Waals surface area contributed by atoms with Gasteiger partial charge in [-0.25, -0.2) is 0 Å². The Bertz CT molecular complexity index is 11.5. The molecule has 0 saturated heterocycles. The van der Waals surface area contributed by atoms with Gasteiger partial charge in [0, 0.05) is 75.0 Å². The van der Waals surface area contributed by atoms with Crippen molar-refractivity contribution in [2.75, 3.05) is 0 Å². The molecule has 0 aliphatic heterocycles. The molecule has 0 nitrogen and oxygen atoms in total. The summed E-state index contributed by atoms with van der Waals surface area (Å²) in [5.74, 6) is 0. The van der Waals surface area contributed by atoms with E-state index in [0.717, 1.165) is 0 Å². The molecular formula is H2Cu2MgNd. The zero-order valence-corrected chi connectivity index (χ0v) is 8.32. The standard InChI is InChI=1S/2Cu.Mg.Nd.2H/q;;+2;;2*-1. The normalized spacial score (nSPS) is 0. The second-order valence-corrected chi connectivity index (χ2v) is 0. The second-order valence-electron chi connectivity index (χ2n) is 0. The Morgan fingerprint density at radius 3 is 1.00 bits per heavy atom. The molecule has 0 aliphatic carbocycles. The van der Waals surface area contributed by atoms with E-state index < -0.39 is 0 Å². The van der Waals surface area contributed by atoms with E-state index >= 15 is 0 Å². The molecule has 0 fully saturated rings. The van der Waals surface area contributed by atoms with Gasteiger partial charge in [0.05, 0.1) is 0 Å². The quantitative estimate of drug-likeness (QED) is 0.545. The fraction of sp³-hybridized carbons (Fsp3) is 0. The maximum atomic E-state index is 0. The van der Waals surface area contributed by atoms with Crippen LogP contribution >= 0.6 is 0 Å². The summed E-state index contributed by atoms with van der Waals surface area (Å²) < 4.78 is 0. The molecule has 0 bridgehead atoms. The van der Waals surface area contributed by atoms with Crippen molar-refractivity contribution in [1.29, 1.82) is 0 Å². The third-order valence-electron chi connectivity index (χ3n) is 0. The summed E-state index contributed by atoms with van der Waals surface area (Å²) in [4.78, 5) is 0. The Labute approximate surface area is 98.8 Å². The van der Waals surface area contributed by atoms with Crippen LogP contribution < -0.4 is 0 Å². The molecule has 0 heterocycles. The molecule has 0 amide bonds. The van der Waals surface area contributed by atoms with E-state index in [0.29, 0.717) is 0 Å². The number of hydrogen-bond acceptors (Lipinski definition) is 0. The molecule has 0 aromatic heterocycles. The van der Waals surface area contributed by atoms with Gasteiger partial charge in [-0.05, 0) is 0 Å². The maximum Gasteiger partial charge on any atom is 2.00 e. The minimum Gasteiger partial charge on any atom is -1.00 e. The van der Waals surface area contributed by atoms with Crippen molar-refractivity contribution in [1.82, 2.24) is 0 Å². The van der Waals surface area contributed by atoms with E-state index in [1.165, 1.54) is 0 Å². The summed E-state index contributed by atoms with van der Waals surface area (Å²) in [6.45, 7) is 0. The summed E-state index contributed by atoms with van der Waals surface area (Å²) in [5.41, 5.74) is 0. The van der Waals surface area contributed by atoms with Gasteiger partial charge in [-0.1, -0.05) is 0 Å². The van der Waals surface area contributed by atoms with Crippen LogP contribution in [0, 0.1) is 40.8 Å². The molecule has 0 N–H and O–H groups in total. The van der Waals surface area contributed by atoms with Crippen LogP contribution in [0.5, 0.6) is 0 Å². The predicted octanol–water partition coefficient (Wildman–Crippen LogP) is -0.161. The van der Waals surface area contributed by atoms with Crippen LogP contribution in [0.15, 0.2) is 0 Å². The Balaban J connectivity index is 0. The molecule has 0 spiro atoms. The number of hydrogen-bond donors (Lipinski definition) is 0. The monoisotopic (exact) mass is 294 g/mol. The molecule has 0 saturated carbocycles. The number of rotatable bonds is 0. The van der Waals surface area contributed by atoms with Gasteiger partial charge in [0.15, 0.2) is 0 Å². The van der Waals surface area contributed by atoms with Crippen molar-refractivity contribution in [3.8, 4) is 0 Å². The molecule has 30 valence electrons. The molecule has 2 radical (unpaired) electrons. The van der Waals surface area contributed by atoms with Crippen LogP contribution in [0.4, 0.5) is 0 Å².